The molecular weight excluding hydrogens is 462 g/mol. The fraction of sp³-hybridized carbons (Fsp3) is 0.760. The molecule has 8 nitrogen and oxygen atoms in total. The predicted octanol–water partition coefficient (Wildman–Crippen LogP) is 3.04. The second-order valence-electron chi connectivity index (χ2n) is 9.42. The number of likely N-dealkylation sites (tertiary alicyclic amines) is 1. The molecule has 1 saturated heterocycles. The highest BCUT2D eigenvalue weighted by atomic mass is 35.5. The number of carbonyl (C=O) groups excluding carboxylic acids is 2. The zero-order valence-corrected chi connectivity index (χ0v) is 21.2. The van der Waals surface area contributed by atoms with Crippen molar-refractivity contribution in [3.05, 3.63) is 24.2 Å². The number of carbonyl (C=O) groups is 2. The molecule has 0 bridgehead atoms. The van der Waals surface area contributed by atoms with Crippen molar-refractivity contribution in [2.24, 2.45) is 11.8 Å². The molecule has 0 amide bonds. The maximum Gasteiger partial charge on any atom is 0.335 e. The number of piperidine rings is 1. The van der Waals surface area contributed by atoms with Gasteiger partial charge >= 0.3 is 5.97 Å². The summed E-state index contributed by atoms with van der Waals surface area (Å²) in [7, 11) is 1.60. The number of ketones is 1. The lowest BCUT2D eigenvalue weighted by Crippen LogP contribution is -2.62. The monoisotopic (exact) mass is 499 g/mol. The quantitative estimate of drug-likeness (QED) is 0.448. The second-order valence-corrected chi connectivity index (χ2v) is 9.42. The summed E-state index contributed by atoms with van der Waals surface area (Å²) in [6.45, 7) is 6.97. The molecule has 0 radical (unpaired) electrons. The lowest BCUT2D eigenvalue weighted by molar-refractivity contribution is -0.210. The second kappa shape index (κ2) is 12.4. The Balaban J connectivity index is 0.00000324. The summed E-state index contributed by atoms with van der Waals surface area (Å²) in [5.74, 6) is -0.672. The summed E-state index contributed by atoms with van der Waals surface area (Å²) in [4.78, 5) is 28.4. The third-order valence-corrected chi connectivity index (χ3v) is 7.15. The lowest BCUT2D eigenvalue weighted by atomic mass is 9.71. The topological polar surface area (TPSA) is 83.5 Å². The lowest BCUT2D eigenvalue weighted by Gasteiger charge is -2.48. The van der Waals surface area contributed by atoms with Gasteiger partial charge in [0.2, 0.25) is 0 Å². The van der Waals surface area contributed by atoms with Crippen LogP contribution in [0.25, 0.3) is 0 Å². The van der Waals surface area contributed by atoms with Gasteiger partial charge in [0.1, 0.15) is 24.9 Å². The first kappa shape index (κ1) is 27.0. The first-order valence-electron chi connectivity index (χ1n) is 12.3. The normalized spacial score (nSPS) is 33.5. The van der Waals surface area contributed by atoms with Crippen LogP contribution in [0, 0.1) is 11.8 Å². The van der Waals surface area contributed by atoms with Gasteiger partial charge < -0.3 is 23.7 Å². The van der Waals surface area contributed by atoms with E-state index >= 15 is 0 Å². The summed E-state index contributed by atoms with van der Waals surface area (Å²) in [5.41, 5.74) is 0. The Morgan fingerprint density at radius 1 is 1.21 bits per heavy atom. The number of fused-ring (bicyclic) bond motifs is 2. The molecule has 3 aliphatic heterocycles. The molecule has 0 aromatic heterocycles. The van der Waals surface area contributed by atoms with Crippen LogP contribution in [-0.4, -0.2) is 80.5 Å². The van der Waals surface area contributed by atoms with Gasteiger partial charge in [0.05, 0.1) is 24.0 Å². The zero-order valence-electron chi connectivity index (χ0n) is 20.4. The van der Waals surface area contributed by atoms with E-state index in [4.69, 9.17) is 23.7 Å². The van der Waals surface area contributed by atoms with E-state index in [1.807, 2.05) is 13.0 Å². The van der Waals surface area contributed by atoms with Gasteiger partial charge in [0.25, 0.3) is 0 Å². The van der Waals surface area contributed by atoms with Gasteiger partial charge in [-0.25, -0.2) is 4.79 Å². The van der Waals surface area contributed by atoms with Crippen LogP contribution in [0.3, 0.4) is 0 Å². The zero-order chi connectivity index (χ0) is 23.4. The van der Waals surface area contributed by atoms with E-state index in [1.54, 1.807) is 20.3 Å². The van der Waals surface area contributed by atoms with Gasteiger partial charge in [-0.1, -0.05) is 19.8 Å². The van der Waals surface area contributed by atoms with Gasteiger partial charge in [-0.15, -0.1) is 12.4 Å². The van der Waals surface area contributed by atoms with Crippen molar-refractivity contribution in [2.45, 2.75) is 76.5 Å². The summed E-state index contributed by atoms with van der Waals surface area (Å²) in [5, 5.41) is 0. The van der Waals surface area contributed by atoms with E-state index in [-0.39, 0.29) is 36.2 Å². The van der Waals surface area contributed by atoms with Crippen LogP contribution in [0.15, 0.2) is 24.2 Å². The SMILES string of the molecule is CCCC(OC1C2C=COC2C(OC)C2OC(C)=CC(=O)C12)C(=O)OCCN1CCCCC1.Cl. The summed E-state index contributed by atoms with van der Waals surface area (Å²) < 4.78 is 29.6. The van der Waals surface area contributed by atoms with Gasteiger partial charge in [-0.2, -0.15) is 0 Å². The molecule has 192 valence electrons. The molecule has 4 aliphatic rings. The smallest absolute Gasteiger partial charge is 0.335 e. The van der Waals surface area contributed by atoms with Crippen molar-refractivity contribution >= 4 is 24.2 Å². The van der Waals surface area contributed by atoms with Gasteiger partial charge in [0, 0.05) is 25.6 Å². The maximum absolute atomic E-state index is 13.1. The average molecular weight is 500 g/mol. The Morgan fingerprint density at radius 2 is 1.97 bits per heavy atom. The number of rotatable bonds is 9. The molecule has 7 atom stereocenters. The number of allylic oxidation sites excluding steroid dienone is 2. The number of methoxy groups -OCH3 is 1. The maximum atomic E-state index is 13.1. The highest BCUT2D eigenvalue weighted by Crippen LogP contribution is 2.44. The molecule has 4 rings (SSSR count). The molecule has 0 spiro atoms. The number of hydrogen-bond acceptors (Lipinski definition) is 8. The standard InChI is InChI=1S/C25H37NO7.ClH/c1-4-8-19(25(28)31-14-12-26-10-6-5-7-11-26)33-21-17-9-13-30-22(17)24(29-3)23-20(21)18(27)15-16(2)32-23;/h9,13,15,17,19-24H,4-8,10-12,14H2,1-3H3;1H. The number of hydrogen-bond donors (Lipinski definition) is 0. The fourth-order valence-electron chi connectivity index (χ4n) is 5.54. The molecule has 0 N–H and O–H groups in total. The molecule has 0 aromatic rings. The minimum absolute atomic E-state index is 0. The largest absolute Gasteiger partial charge is 0.495 e. The van der Waals surface area contributed by atoms with Crippen molar-refractivity contribution in [3.63, 3.8) is 0 Å². The van der Waals surface area contributed by atoms with E-state index in [0.717, 1.165) is 26.1 Å². The molecule has 34 heavy (non-hydrogen) atoms. The molecule has 0 aromatic carbocycles. The van der Waals surface area contributed by atoms with E-state index in [0.29, 0.717) is 18.8 Å². The van der Waals surface area contributed by atoms with Crippen molar-refractivity contribution in [2.75, 3.05) is 33.4 Å². The van der Waals surface area contributed by atoms with Gasteiger partial charge in [-0.05, 0) is 45.4 Å². The number of ether oxygens (including phenoxy) is 5. The number of nitrogens with zero attached hydrogens (tertiary/aromatic N) is 1. The van der Waals surface area contributed by atoms with Gasteiger partial charge in [0.15, 0.2) is 11.9 Å². The van der Waals surface area contributed by atoms with E-state index in [1.165, 1.54) is 25.3 Å². The minimum Gasteiger partial charge on any atom is -0.495 e. The molecule has 1 saturated carbocycles. The van der Waals surface area contributed by atoms with E-state index < -0.39 is 30.3 Å². The van der Waals surface area contributed by atoms with Crippen LogP contribution < -0.4 is 0 Å². The first-order chi connectivity index (χ1) is 16.0. The van der Waals surface area contributed by atoms with Crippen LogP contribution in [-0.2, 0) is 33.3 Å². The molecule has 3 heterocycles. The minimum atomic E-state index is -0.740. The summed E-state index contributed by atoms with van der Waals surface area (Å²) in [6.07, 6.45) is 7.42. The van der Waals surface area contributed by atoms with Crippen molar-refractivity contribution < 1.29 is 33.3 Å². The Kier molecular flexibility index (Phi) is 9.83. The summed E-state index contributed by atoms with van der Waals surface area (Å²) in [6, 6.07) is 0. The van der Waals surface area contributed by atoms with Crippen molar-refractivity contribution in [1.29, 1.82) is 0 Å². The number of esters is 1. The summed E-state index contributed by atoms with van der Waals surface area (Å²) >= 11 is 0. The fourth-order valence-corrected chi connectivity index (χ4v) is 5.54. The van der Waals surface area contributed by atoms with Crippen LogP contribution in [0.5, 0.6) is 0 Å². The van der Waals surface area contributed by atoms with Crippen LogP contribution >= 0.6 is 12.4 Å². The van der Waals surface area contributed by atoms with E-state index in [2.05, 4.69) is 4.90 Å². The highest BCUT2D eigenvalue weighted by molar-refractivity contribution is 5.94. The first-order valence-corrected chi connectivity index (χ1v) is 12.3. The third-order valence-electron chi connectivity index (χ3n) is 7.15. The van der Waals surface area contributed by atoms with Crippen molar-refractivity contribution in [1.82, 2.24) is 4.90 Å². The van der Waals surface area contributed by atoms with Crippen LogP contribution in [0.1, 0.15) is 46.0 Å². The van der Waals surface area contributed by atoms with Gasteiger partial charge in [-0.3, -0.25) is 9.69 Å². The molecule has 9 heteroatoms. The number of halogens is 1. The Hall–Kier alpha value is -1.61. The molecule has 2 fully saturated rings. The van der Waals surface area contributed by atoms with Crippen LogP contribution in [0.4, 0.5) is 0 Å². The highest BCUT2D eigenvalue weighted by Gasteiger charge is 2.58. The predicted molar refractivity (Wildman–Crippen MR) is 127 cm³/mol. The Morgan fingerprint density at radius 3 is 2.68 bits per heavy atom. The van der Waals surface area contributed by atoms with Crippen molar-refractivity contribution in [3.8, 4) is 0 Å². The molecular formula is C25H38ClNO7. The Labute approximate surface area is 208 Å². The molecule has 1 aliphatic carbocycles. The third kappa shape index (κ3) is 5.78. The molecule has 7 unspecified atom stereocenters. The Bertz CT molecular complexity index is 766. The average Bonchev–Trinajstić information content (AvgIpc) is 3.28. The van der Waals surface area contributed by atoms with E-state index in [9.17, 15) is 9.59 Å². The van der Waals surface area contributed by atoms with Crippen LogP contribution in [0.2, 0.25) is 0 Å².